The maximum Gasteiger partial charge on any atom is 0.287 e. The van der Waals surface area contributed by atoms with E-state index in [2.05, 4.69) is 5.32 Å². The van der Waals surface area contributed by atoms with E-state index in [1.807, 2.05) is 62.4 Å². The molecule has 1 heterocycles. The molecule has 1 aliphatic rings. The van der Waals surface area contributed by atoms with Crippen LogP contribution < -0.4 is 16.0 Å². The van der Waals surface area contributed by atoms with E-state index in [9.17, 15) is 9.59 Å². The fraction of sp³-hybridized carbons (Fsp3) is 0.364. The smallest absolute Gasteiger partial charge is 0.287 e. The van der Waals surface area contributed by atoms with Gasteiger partial charge in [-0.3, -0.25) is 9.59 Å². The van der Waals surface area contributed by atoms with Crippen LogP contribution in [0.2, 0.25) is 0 Å². The van der Waals surface area contributed by atoms with Crippen LogP contribution in [-0.2, 0) is 9.59 Å². The number of hydrogen-bond acceptors (Lipinski definition) is 2. The summed E-state index contributed by atoms with van der Waals surface area (Å²) in [6.45, 7) is 5.44. The summed E-state index contributed by atoms with van der Waals surface area (Å²) in [5, 5.41) is 3.12. The molecule has 0 spiro atoms. The summed E-state index contributed by atoms with van der Waals surface area (Å²) in [5.41, 5.74) is 9.48. The molecule has 3 rings (SSSR count). The molecule has 27 heavy (non-hydrogen) atoms. The van der Waals surface area contributed by atoms with Gasteiger partial charge in [0.15, 0.2) is 6.04 Å². The molecule has 0 bridgehead atoms. The molecular formula is C22H28N3O2+. The number of rotatable bonds is 5. The van der Waals surface area contributed by atoms with Crippen LogP contribution in [0.3, 0.4) is 0 Å². The van der Waals surface area contributed by atoms with Crippen LogP contribution in [-0.4, -0.2) is 24.9 Å². The maximum absolute atomic E-state index is 13.3. The largest absolute Gasteiger partial charge is 0.369 e. The molecule has 2 aromatic carbocycles. The van der Waals surface area contributed by atoms with Gasteiger partial charge in [-0.2, -0.15) is 0 Å². The number of primary amides is 1. The SMILES string of the molecule is Cc1ccc(C)c(NC(=O)[C@@H](c2ccccc2)[NH+]2CCC[C@H](C(N)=O)C2)c1. The Bertz CT molecular complexity index is 820. The topological polar surface area (TPSA) is 76.6 Å². The van der Waals surface area contributed by atoms with Crippen LogP contribution in [0.4, 0.5) is 5.69 Å². The van der Waals surface area contributed by atoms with Crippen molar-refractivity contribution in [1.29, 1.82) is 0 Å². The summed E-state index contributed by atoms with van der Waals surface area (Å²) >= 11 is 0. The third-order valence-electron chi connectivity index (χ3n) is 5.42. The lowest BCUT2D eigenvalue weighted by molar-refractivity contribution is -0.928. The number of piperidine rings is 1. The summed E-state index contributed by atoms with van der Waals surface area (Å²) in [6.07, 6.45) is 1.70. The molecule has 5 nitrogen and oxygen atoms in total. The molecule has 1 aliphatic heterocycles. The Morgan fingerprint density at radius 1 is 1.15 bits per heavy atom. The second kappa shape index (κ2) is 8.35. The van der Waals surface area contributed by atoms with E-state index < -0.39 is 0 Å². The molecule has 142 valence electrons. The van der Waals surface area contributed by atoms with Gasteiger partial charge in [-0.25, -0.2) is 0 Å². The van der Waals surface area contributed by atoms with Gasteiger partial charge in [-0.05, 0) is 43.9 Å². The van der Waals surface area contributed by atoms with Gasteiger partial charge >= 0.3 is 0 Å². The Morgan fingerprint density at radius 3 is 2.59 bits per heavy atom. The lowest BCUT2D eigenvalue weighted by Gasteiger charge is -2.34. The summed E-state index contributed by atoms with van der Waals surface area (Å²) in [5.74, 6) is -0.488. The Balaban J connectivity index is 1.89. The van der Waals surface area contributed by atoms with E-state index in [1.165, 1.54) is 0 Å². The number of hydrogen-bond donors (Lipinski definition) is 3. The molecular weight excluding hydrogens is 338 g/mol. The lowest BCUT2D eigenvalue weighted by atomic mass is 9.94. The molecule has 1 fully saturated rings. The van der Waals surface area contributed by atoms with Crippen molar-refractivity contribution in [3.05, 3.63) is 65.2 Å². The number of amides is 2. The first-order valence-electron chi connectivity index (χ1n) is 9.52. The second-order valence-corrected chi connectivity index (χ2v) is 7.51. The van der Waals surface area contributed by atoms with Gasteiger partial charge in [-0.15, -0.1) is 0 Å². The van der Waals surface area contributed by atoms with Crippen molar-refractivity contribution in [1.82, 2.24) is 0 Å². The van der Waals surface area contributed by atoms with Gasteiger partial charge in [0.05, 0.1) is 19.0 Å². The number of nitrogens with one attached hydrogen (secondary N) is 2. The van der Waals surface area contributed by atoms with Crippen molar-refractivity contribution in [3.63, 3.8) is 0 Å². The zero-order valence-electron chi connectivity index (χ0n) is 16.0. The van der Waals surface area contributed by atoms with Gasteiger partial charge in [0.25, 0.3) is 5.91 Å². The number of likely N-dealkylation sites (tertiary alicyclic amines) is 1. The van der Waals surface area contributed by atoms with E-state index >= 15 is 0 Å². The standard InChI is InChI=1S/C22H27N3O2/c1-15-10-11-16(2)19(13-15)24-22(27)20(17-7-4-3-5-8-17)25-12-6-9-18(14-25)21(23)26/h3-5,7-8,10-11,13,18,20H,6,9,12,14H2,1-2H3,(H2,23,26)(H,24,27)/p+1/t18-,20+/m0/s1. The molecule has 0 aliphatic carbocycles. The first-order valence-corrected chi connectivity index (χ1v) is 9.52. The minimum atomic E-state index is -0.367. The zero-order valence-corrected chi connectivity index (χ0v) is 16.0. The van der Waals surface area contributed by atoms with Crippen LogP contribution in [0, 0.1) is 19.8 Å². The van der Waals surface area contributed by atoms with E-state index in [1.54, 1.807) is 0 Å². The van der Waals surface area contributed by atoms with Gasteiger partial charge in [0, 0.05) is 11.3 Å². The van der Waals surface area contributed by atoms with Crippen molar-refractivity contribution < 1.29 is 14.5 Å². The van der Waals surface area contributed by atoms with Crippen LogP contribution in [0.5, 0.6) is 0 Å². The summed E-state index contributed by atoms with van der Waals surface area (Å²) < 4.78 is 0. The number of nitrogens with two attached hydrogens (primary N) is 1. The summed E-state index contributed by atoms with van der Waals surface area (Å²) in [4.78, 5) is 26.1. The minimum absolute atomic E-state index is 0.0463. The molecule has 0 aromatic heterocycles. The lowest BCUT2D eigenvalue weighted by Crippen LogP contribution is -3.15. The molecule has 5 heteroatoms. The molecule has 2 amide bonds. The quantitative estimate of drug-likeness (QED) is 0.754. The Labute approximate surface area is 160 Å². The normalized spacial score (nSPS) is 20.7. The maximum atomic E-state index is 13.3. The second-order valence-electron chi connectivity index (χ2n) is 7.51. The van der Waals surface area contributed by atoms with E-state index in [4.69, 9.17) is 5.73 Å². The van der Waals surface area contributed by atoms with E-state index in [0.717, 1.165) is 46.7 Å². The van der Waals surface area contributed by atoms with E-state index in [-0.39, 0.29) is 23.8 Å². The Hall–Kier alpha value is -2.66. The molecule has 4 N–H and O–H groups in total. The van der Waals surface area contributed by atoms with Gasteiger partial charge in [0.1, 0.15) is 0 Å². The number of quaternary nitrogens is 1. The van der Waals surface area contributed by atoms with Crippen molar-refractivity contribution >= 4 is 17.5 Å². The Morgan fingerprint density at radius 2 is 1.89 bits per heavy atom. The molecule has 0 radical (unpaired) electrons. The van der Waals surface area contributed by atoms with Crippen molar-refractivity contribution in [3.8, 4) is 0 Å². The van der Waals surface area contributed by atoms with Gasteiger partial charge in [0.2, 0.25) is 5.91 Å². The Kier molecular flexibility index (Phi) is 5.91. The van der Waals surface area contributed by atoms with Crippen LogP contribution in [0.1, 0.15) is 35.6 Å². The third-order valence-corrected chi connectivity index (χ3v) is 5.42. The van der Waals surface area contributed by atoms with Crippen LogP contribution >= 0.6 is 0 Å². The van der Waals surface area contributed by atoms with Crippen molar-refractivity contribution in [2.45, 2.75) is 32.7 Å². The third kappa shape index (κ3) is 4.55. The molecule has 3 atom stereocenters. The minimum Gasteiger partial charge on any atom is -0.369 e. The molecule has 1 unspecified atom stereocenters. The average molecular weight is 366 g/mol. The highest BCUT2D eigenvalue weighted by molar-refractivity contribution is 5.95. The molecule has 1 saturated heterocycles. The average Bonchev–Trinajstić information content (AvgIpc) is 2.66. The summed E-state index contributed by atoms with van der Waals surface area (Å²) in [7, 11) is 0. The van der Waals surface area contributed by atoms with Crippen molar-refractivity contribution in [2.75, 3.05) is 18.4 Å². The highest BCUT2D eigenvalue weighted by Crippen LogP contribution is 2.20. The van der Waals surface area contributed by atoms with E-state index in [0.29, 0.717) is 6.54 Å². The number of carbonyl (C=O) groups excluding carboxylic acids is 2. The first-order chi connectivity index (χ1) is 13.0. The first kappa shape index (κ1) is 19.1. The molecule has 0 saturated carbocycles. The fourth-order valence-electron chi connectivity index (χ4n) is 3.89. The monoisotopic (exact) mass is 366 g/mol. The highest BCUT2D eigenvalue weighted by Gasteiger charge is 2.37. The number of benzene rings is 2. The van der Waals surface area contributed by atoms with Gasteiger partial charge in [-0.1, -0.05) is 42.5 Å². The van der Waals surface area contributed by atoms with Crippen molar-refractivity contribution in [2.24, 2.45) is 11.7 Å². The summed E-state index contributed by atoms with van der Waals surface area (Å²) in [6, 6.07) is 15.5. The highest BCUT2D eigenvalue weighted by atomic mass is 16.2. The number of aryl methyl sites for hydroxylation is 2. The predicted octanol–water partition coefficient (Wildman–Crippen LogP) is 1.76. The zero-order chi connectivity index (χ0) is 19.4. The van der Waals surface area contributed by atoms with Gasteiger partial charge < -0.3 is 16.0 Å². The molecule has 2 aromatic rings. The number of anilines is 1. The van der Waals surface area contributed by atoms with Crippen LogP contribution in [0.25, 0.3) is 0 Å². The fourth-order valence-corrected chi connectivity index (χ4v) is 3.89. The van der Waals surface area contributed by atoms with Crippen LogP contribution in [0.15, 0.2) is 48.5 Å². The number of carbonyl (C=O) groups is 2. The predicted molar refractivity (Wildman–Crippen MR) is 106 cm³/mol.